The number of nitrogens with one attached hydrogen (secondary N) is 1. The molecule has 1 aliphatic heterocycles. The van der Waals surface area contributed by atoms with Crippen LogP contribution in [0.3, 0.4) is 0 Å². The Bertz CT molecular complexity index is 1140. The van der Waals surface area contributed by atoms with Gasteiger partial charge in [-0.3, -0.25) is 19.3 Å². The second-order valence-electron chi connectivity index (χ2n) is 8.08. The van der Waals surface area contributed by atoms with Gasteiger partial charge in [-0.05, 0) is 37.6 Å². The molecule has 0 fully saturated rings. The molecule has 2 aromatic carbocycles. The number of carbonyl (C=O) groups is 3. The van der Waals surface area contributed by atoms with E-state index in [9.17, 15) is 14.4 Å². The van der Waals surface area contributed by atoms with Crippen molar-refractivity contribution in [2.75, 3.05) is 0 Å². The van der Waals surface area contributed by atoms with Crippen molar-refractivity contribution in [1.29, 1.82) is 0 Å². The zero-order chi connectivity index (χ0) is 23.4. The Morgan fingerprint density at radius 3 is 2.21 bits per heavy atom. The number of pyridine rings is 1. The Hall–Kier alpha value is -4.00. The first-order valence-corrected chi connectivity index (χ1v) is 10.8. The van der Waals surface area contributed by atoms with E-state index in [4.69, 9.17) is 4.74 Å². The van der Waals surface area contributed by atoms with Gasteiger partial charge in [0.15, 0.2) is 0 Å². The number of nitrogens with zero attached hydrogens (tertiary/aromatic N) is 2. The van der Waals surface area contributed by atoms with E-state index in [-0.39, 0.29) is 19.1 Å². The fraction of sp³-hybridized carbons (Fsp3) is 0.231. The summed E-state index contributed by atoms with van der Waals surface area (Å²) in [5, 5.41) is 2.87. The maximum atomic E-state index is 13.4. The SMILES string of the molecule is CC(C)Oc1ncccc1CNC(=O)C(Cc1ccccc1)N1C(=O)c2ccccc2C1=O. The second kappa shape index (κ2) is 9.65. The third-order valence-electron chi connectivity index (χ3n) is 5.36. The Balaban J connectivity index is 1.59. The van der Waals surface area contributed by atoms with Gasteiger partial charge in [-0.1, -0.05) is 48.5 Å². The lowest BCUT2D eigenvalue weighted by atomic mass is 10.0. The van der Waals surface area contributed by atoms with E-state index in [2.05, 4.69) is 10.3 Å². The zero-order valence-electron chi connectivity index (χ0n) is 18.5. The highest BCUT2D eigenvalue weighted by molar-refractivity contribution is 6.22. The third kappa shape index (κ3) is 4.77. The van der Waals surface area contributed by atoms with Crippen LogP contribution in [-0.4, -0.2) is 39.8 Å². The summed E-state index contributed by atoms with van der Waals surface area (Å²) in [6, 6.07) is 18.6. The quantitative estimate of drug-likeness (QED) is 0.539. The Morgan fingerprint density at radius 1 is 0.939 bits per heavy atom. The first-order valence-electron chi connectivity index (χ1n) is 10.8. The molecule has 33 heavy (non-hydrogen) atoms. The van der Waals surface area contributed by atoms with Crippen molar-refractivity contribution in [3.63, 3.8) is 0 Å². The molecule has 1 unspecified atom stereocenters. The highest BCUT2D eigenvalue weighted by atomic mass is 16.5. The van der Waals surface area contributed by atoms with Crippen molar-refractivity contribution in [1.82, 2.24) is 15.2 Å². The largest absolute Gasteiger partial charge is 0.475 e. The van der Waals surface area contributed by atoms with Crippen LogP contribution in [0.5, 0.6) is 5.88 Å². The molecule has 1 aliphatic rings. The highest BCUT2D eigenvalue weighted by Crippen LogP contribution is 2.26. The summed E-state index contributed by atoms with van der Waals surface area (Å²) in [7, 11) is 0. The van der Waals surface area contributed by atoms with Crippen LogP contribution < -0.4 is 10.1 Å². The normalized spacial score (nSPS) is 13.7. The molecule has 2 heterocycles. The number of hydrogen-bond donors (Lipinski definition) is 1. The van der Waals surface area contributed by atoms with Crippen LogP contribution in [0, 0.1) is 0 Å². The first-order chi connectivity index (χ1) is 16.0. The van der Waals surface area contributed by atoms with E-state index < -0.39 is 23.8 Å². The summed E-state index contributed by atoms with van der Waals surface area (Å²) >= 11 is 0. The van der Waals surface area contributed by atoms with E-state index >= 15 is 0 Å². The van der Waals surface area contributed by atoms with E-state index in [1.807, 2.05) is 50.2 Å². The van der Waals surface area contributed by atoms with Gasteiger partial charge in [-0.2, -0.15) is 0 Å². The minimum Gasteiger partial charge on any atom is -0.475 e. The van der Waals surface area contributed by atoms with E-state index in [0.29, 0.717) is 22.6 Å². The minimum absolute atomic E-state index is 0.0708. The standard InChI is InChI=1S/C26H25N3O4/c1-17(2)33-24-19(11-8-14-27-24)16-28-23(30)22(15-18-9-4-3-5-10-18)29-25(31)20-12-6-7-13-21(20)26(29)32/h3-14,17,22H,15-16H2,1-2H3,(H,28,30). The molecule has 1 aromatic heterocycles. The lowest BCUT2D eigenvalue weighted by molar-refractivity contribution is -0.125. The Labute approximate surface area is 192 Å². The van der Waals surface area contributed by atoms with Crippen LogP contribution >= 0.6 is 0 Å². The lowest BCUT2D eigenvalue weighted by Crippen LogP contribution is -2.50. The van der Waals surface area contributed by atoms with Crippen LogP contribution in [0.25, 0.3) is 0 Å². The number of benzene rings is 2. The van der Waals surface area contributed by atoms with Crippen molar-refractivity contribution in [2.45, 2.75) is 39.0 Å². The fourth-order valence-corrected chi connectivity index (χ4v) is 3.82. The average Bonchev–Trinajstić information content (AvgIpc) is 3.07. The lowest BCUT2D eigenvalue weighted by Gasteiger charge is -2.25. The van der Waals surface area contributed by atoms with Crippen LogP contribution in [0.1, 0.15) is 45.7 Å². The molecule has 1 atom stereocenters. The molecule has 0 spiro atoms. The molecule has 3 amide bonds. The van der Waals surface area contributed by atoms with Gasteiger partial charge in [0.2, 0.25) is 11.8 Å². The van der Waals surface area contributed by atoms with Crippen LogP contribution in [0.2, 0.25) is 0 Å². The molecular formula is C26H25N3O4. The molecule has 4 rings (SSSR count). The number of fused-ring (bicyclic) bond motifs is 1. The smallest absolute Gasteiger partial charge is 0.262 e. The summed E-state index contributed by atoms with van der Waals surface area (Å²) < 4.78 is 5.73. The van der Waals surface area contributed by atoms with Crippen molar-refractivity contribution < 1.29 is 19.1 Å². The van der Waals surface area contributed by atoms with E-state index in [0.717, 1.165) is 10.5 Å². The number of ether oxygens (including phenoxy) is 1. The molecular weight excluding hydrogens is 418 g/mol. The van der Waals surface area contributed by atoms with Crippen molar-refractivity contribution in [3.05, 3.63) is 95.2 Å². The number of hydrogen-bond acceptors (Lipinski definition) is 5. The predicted molar refractivity (Wildman–Crippen MR) is 123 cm³/mol. The van der Waals surface area contributed by atoms with Gasteiger partial charge < -0.3 is 10.1 Å². The number of imide groups is 1. The topological polar surface area (TPSA) is 88.6 Å². The Morgan fingerprint density at radius 2 is 1.58 bits per heavy atom. The maximum absolute atomic E-state index is 13.4. The number of aromatic nitrogens is 1. The Kier molecular flexibility index (Phi) is 6.49. The molecule has 0 saturated carbocycles. The van der Waals surface area contributed by atoms with Gasteiger partial charge in [0.05, 0.1) is 17.2 Å². The molecule has 3 aromatic rings. The number of rotatable bonds is 8. The first kappa shape index (κ1) is 22.2. The summed E-state index contributed by atoms with van der Waals surface area (Å²) in [6.07, 6.45) is 1.76. The second-order valence-corrected chi connectivity index (χ2v) is 8.08. The zero-order valence-corrected chi connectivity index (χ0v) is 18.5. The molecule has 1 N–H and O–H groups in total. The van der Waals surface area contributed by atoms with Gasteiger partial charge in [0, 0.05) is 24.7 Å². The van der Waals surface area contributed by atoms with Crippen molar-refractivity contribution in [3.8, 4) is 5.88 Å². The van der Waals surface area contributed by atoms with Crippen LogP contribution in [0.15, 0.2) is 72.9 Å². The van der Waals surface area contributed by atoms with Crippen molar-refractivity contribution >= 4 is 17.7 Å². The monoisotopic (exact) mass is 443 g/mol. The van der Waals surface area contributed by atoms with Gasteiger partial charge in [0.25, 0.3) is 11.8 Å². The highest BCUT2D eigenvalue weighted by Gasteiger charge is 2.42. The molecule has 0 saturated heterocycles. The third-order valence-corrected chi connectivity index (χ3v) is 5.36. The molecule has 168 valence electrons. The van der Waals surface area contributed by atoms with Crippen molar-refractivity contribution in [2.24, 2.45) is 0 Å². The predicted octanol–water partition coefficient (Wildman–Crippen LogP) is 3.39. The minimum atomic E-state index is -0.995. The number of carbonyl (C=O) groups excluding carboxylic acids is 3. The average molecular weight is 444 g/mol. The summed E-state index contributed by atoms with van der Waals surface area (Å²) in [4.78, 5) is 44.9. The van der Waals surface area contributed by atoms with Gasteiger partial charge in [0.1, 0.15) is 6.04 Å². The number of amides is 3. The summed E-state index contributed by atoms with van der Waals surface area (Å²) in [5.41, 5.74) is 2.18. The molecule has 0 bridgehead atoms. The van der Waals surface area contributed by atoms with Gasteiger partial charge in [-0.25, -0.2) is 4.98 Å². The van der Waals surface area contributed by atoms with E-state index in [1.54, 1.807) is 36.5 Å². The fourth-order valence-electron chi connectivity index (χ4n) is 3.82. The molecule has 7 heteroatoms. The van der Waals surface area contributed by atoms with E-state index in [1.165, 1.54) is 0 Å². The summed E-state index contributed by atoms with van der Waals surface area (Å²) in [5.74, 6) is -0.908. The molecule has 0 aliphatic carbocycles. The maximum Gasteiger partial charge on any atom is 0.262 e. The molecule has 0 radical (unpaired) electrons. The summed E-state index contributed by atoms with van der Waals surface area (Å²) in [6.45, 7) is 3.95. The molecule has 7 nitrogen and oxygen atoms in total. The van der Waals surface area contributed by atoms with Gasteiger partial charge >= 0.3 is 0 Å². The van der Waals surface area contributed by atoms with Crippen LogP contribution in [-0.2, 0) is 17.8 Å². The van der Waals surface area contributed by atoms with Crippen LogP contribution in [0.4, 0.5) is 0 Å². The van der Waals surface area contributed by atoms with Gasteiger partial charge in [-0.15, -0.1) is 0 Å².